The summed E-state index contributed by atoms with van der Waals surface area (Å²) in [6, 6.07) is 13.6. The van der Waals surface area contributed by atoms with Gasteiger partial charge in [-0.25, -0.2) is 0 Å². The first-order chi connectivity index (χ1) is 13.5. The topological polar surface area (TPSA) is 38.8 Å². The first-order valence-electron chi connectivity index (χ1n) is 8.64. The van der Waals surface area contributed by atoms with E-state index in [4.69, 9.17) is 33.3 Å². The molecule has 0 spiro atoms. The molecule has 1 amide bonds. The molecule has 2 aromatic rings. The molecule has 1 atom stereocenters. The molecule has 0 N–H and O–H groups in total. The van der Waals surface area contributed by atoms with E-state index in [2.05, 4.69) is 15.9 Å². The summed E-state index contributed by atoms with van der Waals surface area (Å²) in [5, 5.41) is 0.304. The lowest BCUT2D eigenvalue weighted by Gasteiger charge is -2.15. The Balaban J connectivity index is 1.60. The number of amides is 1. The van der Waals surface area contributed by atoms with Gasteiger partial charge < -0.3 is 9.47 Å². The van der Waals surface area contributed by atoms with E-state index < -0.39 is 0 Å². The van der Waals surface area contributed by atoms with Crippen LogP contribution in [0.5, 0.6) is 5.75 Å². The van der Waals surface area contributed by atoms with E-state index in [1.807, 2.05) is 42.5 Å². The smallest absolute Gasteiger partial charge is 0.242 e. The highest BCUT2D eigenvalue weighted by molar-refractivity contribution is 9.10. The molecule has 8 heteroatoms. The Morgan fingerprint density at radius 1 is 1.21 bits per heavy atom. The van der Waals surface area contributed by atoms with Gasteiger partial charge in [0.2, 0.25) is 5.91 Å². The maximum absolute atomic E-state index is 12.6. The van der Waals surface area contributed by atoms with Crippen LogP contribution in [-0.2, 0) is 22.6 Å². The second kappa shape index (κ2) is 10.1. The monoisotopic (exact) mass is 499 g/mol. The molecule has 148 valence electrons. The van der Waals surface area contributed by atoms with Crippen molar-refractivity contribution in [1.29, 1.82) is 0 Å². The zero-order valence-electron chi connectivity index (χ0n) is 15.2. The van der Waals surface area contributed by atoms with Gasteiger partial charge in [0.05, 0.1) is 23.4 Å². The van der Waals surface area contributed by atoms with Gasteiger partial charge >= 0.3 is 0 Å². The molecular weight excluding hydrogens is 482 g/mol. The molecule has 28 heavy (non-hydrogen) atoms. The first kappa shape index (κ1) is 21.6. The molecule has 4 nitrogen and oxygen atoms in total. The molecule has 1 aliphatic heterocycles. The van der Waals surface area contributed by atoms with Gasteiger partial charge in [-0.3, -0.25) is 9.69 Å². The maximum atomic E-state index is 12.6. The van der Waals surface area contributed by atoms with Crippen LogP contribution in [-0.4, -0.2) is 40.6 Å². The number of methoxy groups -OCH3 is 1. The number of rotatable bonds is 8. The second-order valence-electron chi connectivity index (χ2n) is 6.24. The van der Waals surface area contributed by atoms with E-state index in [-0.39, 0.29) is 11.2 Å². The van der Waals surface area contributed by atoms with Crippen LogP contribution in [0.3, 0.4) is 0 Å². The van der Waals surface area contributed by atoms with Crippen LogP contribution < -0.4 is 4.74 Å². The van der Waals surface area contributed by atoms with Gasteiger partial charge in [-0.1, -0.05) is 69.7 Å². The lowest BCUT2D eigenvalue weighted by Crippen LogP contribution is -2.34. The minimum Gasteiger partial charge on any atom is -0.487 e. The highest BCUT2D eigenvalue weighted by Gasteiger charge is 2.36. The molecule has 3 rings (SSSR count). The van der Waals surface area contributed by atoms with Crippen LogP contribution in [0.2, 0.25) is 5.02 Å². The summed E-state index contributed by atoms with van der Waals surface area (Å²) in [7, 11) is 1.61. The molecule has 1 aliphatic rings. The zero-order valence-corrected chi connectivity index (χ0v) is 19.2. The van der Waals surface area contributed by atoms with Crippen LogP contribution in [0.1, 0.15) is 11.1 Å². The highest BCUT2D eigenvalue weighted by atomic mass is 79.9. The van der Waals surface area contributed by atoms with E-state index in [9.17, 15) is 4.79 Å². The molecule has 1 saturated heterocycles. The number of carbonyl (C=O) groups is 1. The third-order valence-electron chi connectivity index (χ3n) is 4.25. The Morgan fingerprint density at radius 2 is 1.93 bits per heavy atom. The Kier molecular flexibility index (Phi) is 7.77. The average Bonchev–Trinajstić information content (AvgIpc) is 2.94. The van der Waals surface area contributed by atoms with Crippen molar-refractivity contribution in [3.05, 3.63) is 63.1 Å². The van der Waals surface area contributed by atoms with E-state index in [1.165, 1.54) is 11.8 Å². The van der Waals surface area contributed by atoms with Crippen molar-refractivity contribution >= 4 is 61.7 Å². The number of ether oxygens (including phenoxy) is 2. The Labute approximate surface area is 187 Å². The fourth-order valence-corrected chi connectivity index (χ4v) is 4.86. The molecule has 1 fully saturated rings. The van der Waals surface area contributed by atoms with Crippen molar-refractivity contribution in [3.8, 4) is 5.75 Å². The number of hydrogen-bond acceptors (Lipinski definition) is 5. The Hall–Kier alpha value is -1.12. The molecular formula is C20H19BrClNO3S2. The van der Waals surface area contributed by atoms with Crippen LogP contribution in [0.15, 0.2) is 46.9 Å². The lowest BCUT2D eigenvalue weighted by atomic mass is 10.1. The quantitative estimate of drug-likeness (QED) is 0.472. The number of thiocarbonyl (C=S) groups is 1. The Bertz CT molecular complexity index is 863. The summed E-state index contributed by atoms with van der Waals surface area (Å²) in [4.78, 5) is 14.2. The molecule has 0 bridgehead atoms. The van der Waals surface area contributed by atoms with Crippen molar-refractivity contribution < 1.29 is 14.3 Å². The minimum absolute atomic E-state index is 0.0266. The van der Waals surface area contributed by atoms with Gasteiger partial charge in [0.1, 0.15) is 16.7 Å². The van der Waals surface area contributed by atoms with Gasteiger partial charge in [-0.2, -0.15) is 0 Å². The van der Waals surface area contributed by atoms with Gasteiger partial charge in [0.15, 0.2) is 0 Å². The summed E-state index contributed by atoms with van der Waals surface area (Å²) < 4.78 is 12.5. The number of hydrogen-bond donors (Lipinski definition) is 0. The normalized spacial score (nSPS) is 16.7. The summed E-state index contributed by atoms with van der Waals surface area (Å²) in [5.74, 6) is 0.648. The van der Waals surface area contributed by atoms with Gasteiger partial charge in [0.25, 0.3) is 0 Å². The van der Waals surface area contributed by atoms with Gasteiger partial charge in [0, 0.05) is 11.6 Å². The zero-order chi connectivity index (χ0) is 20.1. The number of nitrogens with zero attached hydrogens (tertiary/aromatic N) is 1. The molecule has 0 aromatic heterocycles. The fourth-order valence-electron chi connectivity index (χ4n) is 2.76. The third-order valence-corrected chi connectivity index (χ3v) is 6.66. The van der Waals surface area contributed by atoms with Crippen molar-refractivity contribution in [3.63, 3.8) is 0 Å². The van der Waals surface area contributed by atoms with Crippen molar-refractivity contribution in [1.82, 2.24) is 4.90 Å². The standard InChI is InChI=1S/C20H19BrClNO3S2/c1-25-9-8-23-19(24)18(28-20(23)27)11-14-4-7-17(16(22)10-14)26-12-13-2-5-15(21)6-3-13/h2-7,10,18H,8-9,11-12H2,1H3/t18-/m0/s1. The lowest BCUT2D eigenvalue weighted by molar-refractivity contribution is -0.126. The van der Waals surface area contributed by atoms with Crippen molar-refractivity contribution in [2.45, 2.75) is 18.3 Å². The predicted octanol–water partition coefficient (Wildman–Crippen LogP) is 5.10. The van der Waals surface area contributed by atoms with Crippen LogP contribution in [0.25, 0.3) is 0 Å². The van der Waals surface area contributed by atoms with Crippen LogP contribution in [0, 0.1) is 0 Å². The minimum atomic E-state index is -0.227. The van der Waals surface area contributed by atoms with Crippen molar-refractivity contribution in [2.24, 2.45) is 0 Å². The largest absolute Gasteiger partial charge is 0.487 e. The maximum Gasteiger partial charge on any atom is 0.242 e. The number of carbonyl (C=O) groups excluding carboxylic acids is 1. The Morgan fingerprint density at radius 3 is 2.61 bits per heavy atom. The van der Waals surface area contributed by atoms with E-state index >= 15 is 0 Å². The number of halogens is 2. The third kappa shape index (κ3) is 5.48. The molecule has 0 radical (unpaired) electrons. The molecule has 0 saturated carbocycles. The molecule has 1 heterocycles. The number of thioether (sulfide) groups is 1. The van der Waals surface area contributed by atoms with Gasteiger partial charge in [-0.05, 0) is 41.8 Å². The molecule has 0 aliphatic carbocycles. The number of benzene rings is 2. The summed E-state index contributed by atoms with van der Waals surface area (Å²) in [6.07, 6.45) is 0.569. The summed E-state index contributed by atoms with van der Waals surface area (Å²) in [6.45, 7) is 1.39. The van der Waals surface area contributed by atoms with Crippen LogP contribution >= 0.6 is 51.5 Å². The molecule has 2 aromatic carbocycles. The van der Waals surface area contributed by atoms with Crippen LogP contribution in [0.4, 0.5) is 0 Å². The summed E-state index contributed by atoms with van der Waals surface area (Å²) >= 11 is 16.6. The first-order valence-corrected chi connectivity index (χ1v) is 11.1. The average molecular weight is 501 g/mol. The van der Waals surface area contributed by atoms with E-state index in [0.29, 0.717) is 41.3 Å². The van der Waals surface area contributed by atoms with Crippen molar-refractivity contribution in [2.75, 3.05) is 20.3 Å². The SMILES string of the molecule is COCCN1C(=O)[C@H](Cc2ccc(OCc3ccc(Br)cc3)c(Cl)c2)SC1=S. The van der Waals surface area contributed by atoms with E-state index in [0.717, 1.165) is 15.6 Å². The van der Waals surface area contributed by atoms with Gasteiger partial charge in [-0.15, -0.1) is 0 Å². The fraction of sp³-hybridized carbons (Fsp3) is 0.300. The predicted molar refractivity (Wildman–Crippen MR) is 121 cm³/mol. The molecule has 0 unspecified atom stereocenters. The highest BCUT2D eigenvalue weighted by Crippen LogP contribution is 2.32. The summed E-state index contributed by atoms with van der Waals surface area (Å²) in [5.41, 5.74) is 2.03. The van der Waals surface area contributed by atoms with E-state index in [1.54, 1.807) is 12.0 Å². The second-order valence-corrected chi connectivity index (χ2v) is 9.40.